The molecule has 2 aromatic rings. The first-order valence-corrected chi connectivity index (χ1v) is 7.40. The summed E-state index contributed by atoms with van der Waals surface area (Å²) in [5, 5.41) is 3.34. The minimum Gasteiger partial charge on any atom is -0.494 e. The standard InChI is InChI=1S/C18H22FNO/c1-3-12-21-16-10-8-15(9-11-16)13-20-14(2)17-6-4-5-7-18(17)19/h4-11,14,20H,3,12-13H2,1-2H3. The molecule has 0 saturated carbocycles. The molecule has 1 atom stereocenters. The Kier molecular flexibility index (Phi) is 5.76. The minimum absolute atomic E-state index is 0.0257. The van der Waals surface area contributed by atoms with Gasteiger partial charge in [-0.1, -0.05) is 37.3 Å². The number of nitrogens with one attached hydrogen (secondary N) is 1. The summed E-state index contributed by atoms with van der Waals surface area (Å²) in [5.74, 6) is 0.726. The van der Waals surface area contributed by atoms with Crippen LogP contribution in [0.3, 0.4) is 0 Å². The van der Waals surface area contributed by atoms with Crippen LogP contribution in [0.15, 0.2) is 48.5 Å². The lowest BCUT2D eigenvalue weighted by Crippen LogP contribution is -2.19. The maximum Gasteiger partial charge on any atom is 0.127 e. The van der Waals surface area contributed by atoms with Crippen molar-refractivity contribution < 1.29 is 9.13 Å². The summed E-state index contributed by atoms with van der Waals surface area (Å²) in [6.45, 7) is 5.49. The highest BCUT2D eigenvalue weighted by Gasteiger charge is 2.09. The van der Waals surface area contributed by atoms with Crippen molar-refractivity contribution in [1.29, 1.82) is 0 Å². The third kappa shape index (κ3) is 4.57. The van der Waals surface area contributed by atoms with Crippen molar-refractivity contribution >= 4 is 0 Å². The molecule has 3 heteroatoms. The van der Waals surface area contributed by atoms with Crippen molar-refractivity contribution in [2.45, 2.75) is 32.9 Å². The molecule has 2 rings (SSSR count). The van der Waals surface area contributed by atoms with Crippen molar-refractivity contribution in [3.63, 3.8) is 0 Å². The maximum absolute atomic E-state index is 13.7. The molecule has 0 aliphatic rings. The van der Waals surface area contributed by atoms with Crippen LogP contribution in [0, 0.1) is 5.82 Å². The maximum atomic E-state index is 13.7. The molecule has 1 unspecified atom stereocenters. The van der Waals surface area contributed by atoms with E-state index in [1.54, 1.807) is 6.07 Å². The Bertz CT molecular complexity index is 553. The summed E-state index contributed by atoms with van der Waals surface area (Å²) in [7, 11) is 0. The van der Waals surface area contributed by atoms with E-state index < -0.39 is 0 Å². The first-order chi connectivity index (χ1) is 10.2. The fraction of sp³-hybridized carbons (Fsp3) is 0.333. The molecule has 0 radical (unpaired) electrons. The summed E-state index contributed by atoms with van der Waals surface area (Å²) in [5.41, 5.74) is 1.85. The summed E-state index contributed by atoms with van der Waals surface area (Å²) in [6, 6.07) is 14.9. The first-order valence-electron chi connectivity index (χ1n) is 7.40. The van der Waals surface area contributed by atoms with Gasteiger partial charge in [0.15, 0.2) is 0 Å². The lowest BCUT2D eigenvalue weighted by Gasteiger charge is -2.15. The molecular formula is C18H22FNO. The number of hydrogen-bond acceptors (Lipinski definition) is 2. The van der Waals surface area contributed by atoms with Crippen LogP contribution in [0.2, 0.25) is 0 Å². The van der Waals surface area contributed by atoms with Gasteiger partial charge >= 0.3 is 0 Å². The average Bonchev–Trinajstić information content (AvgIpc) is 2.52. The molecule has 1 N–H and O–H groups in total. The molecule has 0 aliphatic heterocycles. The third-order valence-electron chi connectivity index (χ3n) is 3.38. The number of halogens is 1. The number of rotatable bonds is 7. The van der Waals surface area contributed by atoms with Crippen LogP contribution in [0.4, 0.5) is 4.39 Å². The van der Waals surface area contributed by atoms with E-state index in [2.05, 4.69) is 12.2 Å². The highest BCUT2D eigenvalue weighted by molar-refractivity contribution is 5.27. The highest BCUT2D eigenvalue weighted by Crippen LogP contribution is 2.17. The normalized spacial score (nSPS) is 12.1. The molecule has 0 amide bonds. The van der Waals surface area contributed by atoms with Gasteiger partial charge in [-0.25, -0.2) is 4.39 Å². The molecular weight excluding hydrogens is 265 g/mol. The van der Waals surface area contributed by atoms with Crippen LogP contribution in [-0.4, -0.2) is 6.61 Å². The van der Waals surface area contributed by atoms with Crippen LogP contribution >= 0.6 is 0 Å². The Morgan fingerprint density at radius 3 is 2.48 bits per heavy atom. The van der Waals surface area contributed by atoms with Crippen molar-refractivity contribution in [2.24, 2.45) is 0 Å². The quantitative estimate of drug-likeness (QED) is 0.811. The van der Waals surface area contributed by atoms with Gasteiger partial charge in [0.25, 0.3) is 0 Å². The van der Waals surface area contributed by atoms with Crippen LogP contribution in [0.25, 0.3) is 0 Å². The lowest BCUT2D eigenvalue weighted by molar-refractivity contribution is 0.317. The average molecular weight is 287 g/mol. The Morgan fingerprint density at radius 2 is 1.81 bits per heavy atom. The first kappa shape index (κ1) is 15.5. The van der Waals surface area contributed by atoms with Crippen LogP contribution < -0.4 is 10.1 Å². The minimum atomic E-state index is -0.166. The zero-order valence-corrected chi connectivity index (χ0v) is 12.6. The second kappa shape index (κ2) is 7.79. The molecule has 0 spiro atoms. The van der Waals surface area contributed by atoms with Crippen molar-refractivity contribution in [3.8, 4) is 5.75 Å². The zero-order chi connectivity index (χ0) is 15.1. The molecule has 2 aromatic carbocycles. The van der Waals surface area contributed by atoms with E-state index in [0.29, 0.717) is 12.1 Å². The molecule has 0 bridgehead atoms. The van der Waals surface area contributed by atoms with Gasteiger partial charge in [-0.15, -0.1) is 0 Å². The fourth-order valence-corrected chi connectivity index (χ4v) is 2.13. The van der Waals surface area contributed by atoms with Gasteiger partial charge in [-0.05, 0) is 37.1 Å². The molecule has 0 aliphatic carbocycles. The van der Waals surface area contributed by atoms with E-state index in [1.807, 2.05) is 43.3 Å². The Balaban J connectivity index is 1.89. The molecule has 0 heterocycles. The molecule has 112 valence electrons. The van der Waals surface area contributed by atoms with Crippen molar-refractivity contribution in [2.75, 3.05) is 6.61 Å². The second-order valence-corrected chi connectivity index (χ2v) is 5.12. The number of ether oxygens (including phenoxy) is 1. The monoisotopic (exact) mass is 287 g/mol. The number of benzene rings is 2. The van der Waals surface area contributed by atoms with Gasteiger partial charge in [0.1, 0.15) is 11.6 Å². The van der Waals surface area contributed by atoms with Gasteiger partial charge in [-0.2, -0.15) is 0 Å². The highest BCUT2D eigenvalue weighted by atomic mass is 19.1. The van der Waals surface area contributed by atoms with E-state index in [0.717, 1.165) is 24.3 Å². The summed E-state index contributed by atoms with van der Waals surface area (Å²) in [6.07, 6.45) is 1.00. The fourth-order valence-electron chi connectivity index (χ4n) is 2.13. The molecule has 0 aromatic heterocycles. The van der Waals surface area contributed by atoms with E-state index in [-0.39, 0.29) is 11.9 Å². The lowest BCUT2D eigenvalue weighted by atomic mass is 10.1. The summed E-state index contributed by atoms with van der Waals surface area (Å²) < 4.78 is 19.2. The van der Waals surface area contributed by atoms with Crippen molar-refractivity contribution in [1.82, 2.24) is 5.32 Å². The third-order valence-corrected chi connectivity index (χ3v) is 3.38. The van der Waals surface area contributed by atoms with Gasteiger partial charge < -0.3 is 10.1 Å². The van der Waals surface area contributed by atoms with Crippen LogP contribution in [-0.2, 0) is 6.54 Å². The van der Waals surface area contributed by atoms with Gasteiger partial charge in [0, 0.05) is 18.2 Å². The Morgan fingerprint density at radius 1 is 1.10 bits per heavy atom. The van der Waals surface area contributed by atoms with E-state index in [1.165, 1.54) is 6.07 Å². The predicted molar refractivity (Wildman–Crippen MR) is 83.9 cm³/mol. The van der Waals surface area contributed by atoms with Crippen LogP contribution in [0.1, 0.15) is 37.4 Å². The summed E-state index contributed by atoms with van der Waals surface area (Å²) >= 11 is 0. The molecule has 2 nitrogen and oxygen atoms in total. The second-order valence-electron chi connectivity index (χ2n) is 5.12. The van der Waals surface area contributed by atoms with Crippen LogP contribution in [0.5, 0.6) is 5.75 Å². The topological polar surface area (TPSA) is 21.3 Å². The van der Waals surface area contributed by atoms with Crippen molar-refractivity contribution in [3.05, 3.63) is 65.5 Å². The smallest absolute Gasteiger partial charge is 0.127 e. The van der Waals surface area contributed by atoms with Gasteiger partial charge in [-0.3, -0.25) is 0 Å². The summed E-state index contributed by atoms with van der Waals surface area (Å²) in [4.78, 5) is 0. The largest absolute Gasteiger partial charge is 0.494 e. The van der Waals surface area contributed by atoms with E-state index in [9.17, 15) is 4.39 Å². The van der Waals surface area contributed by atoms with Gasteiger partial charge in [0.2, 0.25) is 0 Å². The van der Waals surface area contributed by atoms with E-state index >= 15 is 0 Å². The Hall–Kier alpha value is -1.87. The predicted octanol–water partition coefficient (Wildman–Crippen LogP) is 4.47. The Labute approximate surface area is 126 Å². The molecule has 0 saturated heterocycles. The van der Waals surface area contributed by atoms with E-state index in [4.69, 9.17) is 4.74 Å². The number of hydrogen-bond donors (Lipinski definition) is 1. The molecule has 0 fully saturated rings. The SMILES string of the molecule is CCCOc1ccc(CNC(C)c2ccccc2F)cc1. The zero-order valence-electron chi connectivity index (χ0n) is 12.6. The van der Waals surface area contributed by atoms with Gasteiger partial charge in [0.05, 0.1) is 6.61 Å². The molecule has 21 heavy (non-hydrogen) atoms.